The highest BCUT2D eigenvalue weighted by Crippen LogP contribution is 2.36. The van der Waals surface area contributed by atoms with Crippen LogP contribution in [0, 0.1) is 5.92 Å². The first kappa shape index (κ1) is 17.7. The van der Waals surface area contributed by atoms with Gasteiger partial charge in [-0.05, 0) is 51.0 Å². The van der Waals surface area contributed by atoms with Crippen molar-refractivity contribution in [3.8, 4) is 11.3 Å². The first-order chi connectivity index (χ1) is 13.1. The van der Waals surface area contributed by atoms with Gasteiger partial charge in [0.2, 0.25) is 0 Å². The van der Waals surface area contributed by atoms with Crippen molar-refractivity contribution < 1.29 is 9.59 Å². The zero-order chi connectivity index (χ0) is 19.0. The molecule has 0 saturated carbocycles. The van der Waals surface area contributed by atoms with Crippen LogP contribution >= 0.6 is 0 Å². The Bertz CT molecular complexity index is 925. The van der Waals surface area contributed by atoms with Gasteiger partial charge < -0.3 is 4.90 Å². The molecule has 2 heterocycles. The first-order valence-corrected chi connectivity index (χ1v) is 9.71. The van der Waals surface area contributed by atoms with E-state index in [1.54, 1.807) is 23.9 Å². The molecule has 27 heavy (non-hydrogen) atoms. The number of hydrogen-bond donors (Lipinski definition) is 0. The van der Waals surface area contributed by atoms with E-state index in [-0.39, 0.29) is 11.7 Å². The number of carbonyl (C=O) groups excluding carboxylic acids is 2. The smallest absolute Gasteiger partial charge is 0.261 e. The third kappa shape index (κ3) is 3.22. The number of carbonyl (C=O) groups is 2. The van der Waals surface area contributed by atoms with Crippen molar-refractivity contribution >= 4 is 11.7 Å². The van der Waals surface area contributed by atoms with Gasteiger partial charge in [0.25, 0.3) is 5.91 Å². The van der Waals surface area contributed by atoms with E-state index < -0.39 is 0 Å². The van der Waals surface area contributed by atoms with Gasteiger partial charge in [-0.1, -0.05) is 24.3 Å². The van der Waals surface area contributed by atoms with E-state index in [0.717, 1.165) is 30.6 Å². The lowest BCUT2D eigenvalue weighted by Gasteiger charge is -2.38. The standard InChI is InChI=1S/C22H25N3O2/c1-15(26)17-8-5-9-18(13-17)21-19(14-23-24(21)2)22(27)25-12-6-10-16-7-3-4-11-20(16)25/h5,8-9,11,13-14,16H,3-4,6-7,10,12H2,1-2H3. The minimum atomic E-state index is 0.0122. The van der Waals surface area contributed by atoms with Crippen LogP contribution in [0.15, 0.2) is 42.2 Å². The first-order valence-electron chi connectivity index (χ1n) is 9.71. The number of piperidine rings is 1. The lowest BCUT2D eigenvalue weighted by Crippen LogP contribution is -2.39. The molecule has 0 radical (unpaired) electrons. The summed E-state index contributed by atoms with van der Waals surface area (Å²) in [5.41, 5.74) is 4.05. The van der Waals surface area contributed by atoms with Crippen LogP contribution in [0.5, 0.6) is 0 Å². The lowest BCUT2D eigenvalue weighted by atomic mass is 9.84. The number of Topliss-reactive ketones (excluding diaryl/α,β-unsaturated/α-hetero) is 1. The minimum absolute atomic E-state index is 0.0122. The zero-order valence-corrected chi connectivity index (χ0v) is 15.9. The maximum atomic E-state index is 13.4. The van der Waals surface area contributed by atoms with Crippen molar-refractivity contribution in [3.63, 3.8) is 0 Å². The van der Waals surface area contributed by atoms with Crippen molar-refractivity contribution in [2.75, 3.05) is 6.54 Å². The fourth-order valence-corrected chi connectivity index (χ4v) is 4.36. The number of benzene rings is 1. The fourth-order valence-electron chi connectivity index (χ4n) is 4.36. The normalized spacial score (nSPS) is 19.4. The molecular weight excluding hydrogens is 338 g/mol. The van der Waals surface area contributed by atoms with Crippen LogP contribution in [0.2, 0.25) is 0 Å². The highest BCUT2D eigenvalue weighted by molar-refractivity contribution is 6.02. The second-order valence-electron chi connectivity index (χ2n) is 7.52. The Balaban J connectivity index is 1.73. The number of fused-ring (bicyclic) bond motifs is 1. The van der Waals surface area contributed by atoms with Crippen molar-refractivity contribution in [1.29, 1.82) is 0 Å². The molecule has 1 saturated heterocycles. The van der Waals surface area contributed by atoms with Gasteiger partial charge in [0.15, 0.2) is 5.78 Å². The van der Waals surface area contributed by atoms with Gasteiger partial charge >= 0.3 is 0 Å². The number of nitrogens with zero attached hydrogens (tertiary/aromatic N) is 3. The van der Waals surface area contributed by atoms with Crippen LogP contribution in [0.4, 0.5) is 0 Å². The van der Waals surface area contributed by atoms with E-state index in [1.165, 1.54) is 25.0 Å². The van der Waals surface area contributed by atoms with Gasteiger partial charge in [-0.3, -0.25) is 14.3 Å². The Hall–Kier alpha value is -2.69. The average Bonchev–Trinajstić information content (AvgIpc) is 3.08. The predicted octanol–water partition coefficient (Wildman–Crippen LogP) is 4.21. The van der Waals surface area contributed by atoms with Crippen LogP contribution in [-0.4, -0.2) is 32.9 Å². The Labute approximate surface area is 159 Å². The fraction of sp³-hybridized carbons (Fsp3) is 0.409. The molecule has 0 bridgehead atoms. The largest absolute Gasteiger partial charge is 0.312 e. The molecule has 2 aliphatic rings. The summed E-state index contributed by atoms with van der Waals surface area (Å²) in [6.45, 7) is 2.32. The van der Waals surface area contributed by atoms with E-state index in [2.05, 4.69) is 11.2 Å². The summed E-state index contributed by atoms with van der Waals surface area (Å²) in [7, 11) is 1.84. The molecule has 5 nitrogen and oxygen atoms in total. The average molecular weight is 363 g/mol. The molecule has 5 heteroatoms. The number of rotatable bonds is 3. The number of likely N-dealkylation sites (tertiary alicyclic amines) is 1. The summed E-state index contributed by atoms with van der Waals surface area (Å²) in [5.74, 6) is 0.542. The van der Waals surface area contributed by atoms with E-state index in [9.17, 15) is 9.59 Å². The number of aryl methyl sites for hydroxylation is 1. The highest BCUT2D eigenvalue weighted by atomic mass is 16.2. The van der Waals surface area contributed by atoms with Crippen LogP contribution < -0.4 is 0 Å². The molecule has 1 amide bonds. The Morgan fingerprint density at radius 3 is 2.81 bits per heavy atom. The summed E-state index contributed by atoms with van der Waals surface area (Å²) in [4.78, 5) is 27.2. The molecule has 0 N–H and O–H groups in total. The molecule has 2 aromatic rings. The predicted molar refractivity (Wildman–Crippen MR) is 104 cm³/mol. The van der Waals surface area contributed by atoms with Crippen molar-refractivity contribution in [2.45, 2.75) is 39.0 Å². The number of amides is 1. The van der Waals surface area contributed by atoms with Gasteiger partial charge in [-0.2, -0.15) is 5.10 Å². The second-order valence-corrected chi connectivity index (χ2v) is 7.52. The molecule has 0 spiro atoms. The minimum Gasteiger partial charge on any atom is -0.312 e. The summed E-state index contributed by atoms with van der Waals surface area (Å²) in [6.07, 6.45) is 9.57. The third-order valence-electron chi connectivity index (χ3n) is 5.73. The zero-order valence-electron chi connectivity index (χ0n) is 15.9. The molecule has 1 aliphatic heterocycles. The molecule has 1 fully saturated rings. The number of ketones is 1. The maximum Gasteiger partial charge on any atom is 0.261 e. The van der Waals surface area contributed by atoms with Gasteiger partial charge in [0.1, 0.15) is 0 Å². The van der Waals surface area contributed by atoms with Crippen molar-refractivity contribution in [3.05, 3.63) is 53.4 Å². The number of aromatic nitrogens is 2. The lowest BCUT2D eigenvalue weighted by molar-refractivity contribution is 0.0749. The van der Waals surface area contributed by atoms with Crippen LogP contribution in [0.3, 0.4) is 0 Å². The Kier molecular flexibility index (Phi) is 4.68. The molecule has 1 atom stereocenters. The maximum absolute atomic E-state index is 13.4. The highest BCUT2D eigenvalue weighted by Gasteiger charge is 2.32. The van der Waals surface area contributed by atoms with Gasteiger partial charge in [-0.15, -0.1) is 0 Å². The van der Waals surface area contributed by atoms with Crippen molar-refractivity contribution in [2.24, 2.45) is 13.0 Å². The summed E-state index contributed by atoms with van der Waals surface area (Å²) < 4.78 is 1.73. The Morgan fingerprint density at radius 1 is 1.19 bits per heavy atom. The molecule has 4 rings (SSSR count). The van der Waals surface area contributed by atoms with Gasteiger partial charge in [0, 0.05) is 30.4 Å². The third-order valence-corrected chi connectivity index (χ3v) is 5.73. The number of hydrogen-bond acceptors (Lipinski definition) is 3. The quantitative estimate of drug-likeness (QED) is 0.768. The van der Waals surface area contributed by atoms with Crippen LogP contribution in [0.25, 0.3) is 11.3 Å². The van der Waals surface area contributed by atoms with Gasteiger partial charge in [0.05, 0.1) is 17.5 Å². The Morgan fingerprint density at radius 2 is 2.00 bits per heavy atom. The molecular formula is C22H25N3O2. The summed E-state index contributed by atoms with van der Waals surface area (Å²) in [5, 5.41) is 4.35. The van der Waals surface area contributed by atoms with Gasteiger partial charge in [-0.25, -0.2) is 0 Å². The van der Waals surface area contributed by atoms with E-state index >= 15 is 0 Å². The second kappa shape index (κ2) is 7.14. The SMILES string of the molecule is CC(=O)c1cccc(-c2c(C(=O)N3CCCC4CCCC=C43)cnn2C)c1. The molecule has 1 aromatic carbocycles. The molecule has 1 unspecified atom stereocenters. The van der Waals surface area contributed by atoms with E-state index in [0.29, 0.717) is 17.0 Å². The summed E-state index contributed by atoms with van der Waals surface area (Å²) >= 11 is 0. The molecule has 1 aromatic heterocycles. The monoisotopic (exact) mass is 363 g/mol. The van der Waals surface area contributed by atoms with Crippen LogP contribution in [-0.2, 0) is 7.05 Å². The van der Waals surface area contributed by atoms with E-state index in [4.69, 9.17) is 0 Å². The molecule has 1 aliphatic carbocycles. The number of allylic oxidation sites excluding steroid dienone is 2. The van der Waals surface area contributed by atoms with Crippen molar-refractivity contribution in [1.82, 2.24) is 14.7 Å². The van der Waals surface area contributed by atoms with Crippen LogP contribution in [0.1, 0.15) is 59.7 Å². The van der Waals surface area contributed by atoms with E-state index in [1.807, 2.05) is 30.1 Å². The topological polar surface area (TPSA) is 55.2 Å². The molecule has 140 valence electrons. The summed E-state index contributed by atoms with van der Waals surface area (Å²) in [6, 6.07) is 7.42.